The Bertz CT molecular complexity index is 210. The summed E-state index contributed by atoms with van der Waals surface area (Å²) in [6.45, 7) is 3.35. The highest BCUT2D eigenvalue weighted by atomic mass is 35.5. The topological polar surface area (TPSA) is 37.4 Å². The number of allylic oxidation sites excluding steroid dienone is 1. The molecule has 0 fully saturated rings. The van der Waals surface area contributed by atoms with Gasteiger partial charge in [-0.1, -0.05) is 6.08 Å². The fourth-order valence-corrected chi connectivity index (χ4v) is 0.545. The van der Waals surface area contributed by atoms with Crippen molar-refractivity contribution in [1.82, 2.24) is 4.90 Å². The second-order valence-electron chi connectivity index (χ2n) is 2.09. The Morgan fingerprint density at radius 1 is 1.45 bits per heavy atom. The van der Waals surface area contributed by atoms with Crippen LogP contribution in [0.3, 0.4) is 0 Å². The van der Waals surface area contributed by atoms with E-state index in [0.29, 0.717) is 5.57 Å². The summed E-state index contributed by atoms with van der Waals surface area (Å²) in [4.78, 5) is 22.4. The number of imide groups is 1. The van der Waals surface area contributed by atoms with Crippen molar-refractivity contribution in [3.8, 4) is 0 Å². The molecule has 4 heteroatoms. The van der Waals surface area contributed by atoms with E-state index >= 15 is 0 Å². The molecule has 0 unspecified atom stereocenters. The predicted octanol–water partition coefficient (Wildman–Crippen LogP) is 1.77. The second-order valence-corrected chi connectivity index (χ2v) is 2.41. The van der Waals surface area contributed by atoms with E-state index < -0.39 is 5.37 Å². The zero-order chi connectivity index (χ0) is 9.02. The van der Waals surface area contributed by atoms with Gasteiger partial charge in [-0.25, -0.2) is 0 Å². The van der Waals surface area contributed by atoms with Crippen LogP contribution in [-0.2, 0) is 4.79 Å². The average Bonchev–Trinajstić information content (AvgIpc) is 2.00. The first kappa shape index (κ1) is 10.2. The monoisotopic (exact) mass is 175 g/mol. The van der Waals surface area contributed by atoms with Gasteiger partial charge in [0.15, 0.2) is 0 Å². The summed E-state index contributed by atoms with van der Waals surface area (Å²) in [5.41, 5.74) is 0.501. The number of hydrogen-bond acceptors (Lipinski definition) is 2. The SMILES string of the molecule is CC=C(C)C(=O)N(C)C(=O)Cl. The van der Waals surface area contributed by atoms with Crippen LogP contribution >= 0.6 is 11.6 Å². The Morgan fingerprint density at radius 3 is 2.18 bits per heavy atom. The normalized spacial score (nSPS) is 11.1. The first-order chi connectivity index (χ1) is 5.00. The van der Waals surface area contributed by atoms with Crippen LogP contribution in [0, 0.1) is 0 Å². The molecule has 0 aromatic heterocycles. The largest absolute Gasteiger partial charge is 0.323 e. The lowest BCUT2D eigenvalue weighted by Gasteiger charge is -2.10. The van der Waals surface area contributed by atoms with Gasteiger partial charge >= 0.3 is 5.37 Å². The zero-order valence-corrected chi connectivity index (χ0v) is 7.47. The third-order valence-corrected chi connectivity index (χ3v) is 1.59. The first-order valence-corrected chi connectivity index (χ1v) is 3.49. The van der Waals surface area contributed by atoms with Gasteiger partial charge in [-0.15, -0.1) is 0 Å². The summed E-state index contributed by atoms with van der Waals surface area (Å²) in [7, 11) is 1.34. The van der Waals surface area contributed by atoms with Crippen LogP contribution in [0.4, 0.5) is 4.79 Å². The van der Waals surface area contributed by atoms with Crippen molar-refractivity contribution in [3.63, 3.8) is 0 Å². The van der Waals surface area contributed by atoms with E-state index in [4.69, 9.17) is 11.6 Å². The average molecular weight is 176 g/mol. The van der Waals surface area contributed by atoms with E-state index in [2.05, 4.69) is 0 Å². The van der Waals surface area contributed by atoms with E-state index in [1.54, 1.807) is 19.9 Å². The van der Waals surface area contributed by atoms with Crippen LogP contribution in [0.15, 0.2) is 11.6 Å². The third kappa shape index (κ3) is 2.72. The number of amides is 2. The summed E-state index contributed by atoms with van der Waals surface area (Å²) < 4.78 is 0. The number of likely N-dealkylation sites (N-methyl/N-ethyl adjacent to an activating group) is 1. The molecule has 62 valence electrons. The molecule has 0 radical (unpaired) electrons. The molecule has 0 saturated heterocycles. The third-order valence-electron chi connectivity index (χ3n) is 1.34. The zero-order valence-electron chi connectivity index (χ0n) is 6.72. The molecule has 0 aromatic carbocycles. The minimum absolute atomic E-state index is 0.368. The number of halogens is 1. The molecule has 0 rings (SSSR count). The predicted molar refractivity (Wildman–Crippen MR) is 43.5 cm³/mol. The number of nitrogens with zero attached hydrogens (tertiary/aromatic N) is 1. The van der Waals surface area contributed by atoms with Crippen molar-refractivity contribution in [2.45, 2.75) is 13.8 Å². The van der Waals surface area contributed by atoms with Gasteiger partial charge in [-0.05, 0) is 25.4 Å². The van der Waals surface area contributed by atoms with Crippen LogP contribution in [-0.4, -0.2) is 23.2 Å². The summed E-state index contributed by atoms with van der Waals surface area (Å²) in [5, 5.41) is -0.767. The lowest BCUT2D eigenvalue weighted by Crippen LogP contribution is -2.29. The molecule has 11 heavy (non-hydrogen) atoms. The van der Waals surface area contributed by atoms with Crippen LogP contribution in [0.5, 0.6) is 0 Å². The minimum atomic E-state index is -0.767. The highest BCUT2D eigenvalue weighted by Crippen LogP contribution is 2.01. The molecule has 2 amide bonds. The van der Waals surface area contributed by atoms with E-state index in [9.17, 15) is 9.59 Å². The first-order valence-electron chi connectivity index (χ1n) is 3.11. The maximum absolute atomic E-state index is 11.1. The lowest BCUT2D eigenvalue weighted by atomic mass is 10.2. The molecule has 0 aliphatic heterocycles. The van der Waals surface area contributed by atoms with E-state index in [1.807, 2.05) is 0 Å². The van der Waals surface area contributed by atoms with Gasteiger partial charge in [0, 0.05) is 12.6 Å². The Kier molecular flexibility index (Phi) is 3.82. The molecule has 0 heterocycles. The molecule has 0 N–H and O–H groups in total. The number of hydrogen-bond donors (Lipinski definition) is 0. The highest BCUT2D eigenvalue weighted by Gasteiger charge is 2.14. The molecule has 3 nitrogen and oxygen atoms in total. The molecule has 0 atom stereocenters. The van der Waals surface area contributed by atoms with Crippen molar-refractivity contribution in [3.05, 3.63) is 11.6 Å². The van der Waals surface area contributed by atoms with Gasteiger partial charge in [-0.3, -0.25) is 14.5 Å². The molecular weight excluding hydrogens is 166 g/mol. The fraction of sp³-hybridized carbons (Fsp3) is 0.429. The van der Waals surface area contributed by atoms with Gasteiger partial charge in [0.2, 0.25) is 0 Å². The smallest absolute Gasteiger partial charge is 0.269 e. The molecule has 0 spiro atoms. The van der Waals surface area contributed by atoms with E-state index in [0.717, 1.165) is 4.90 Å². The van der Waals surface area contributed by atoms with Crippen molar-refractivity contribution in [2.24, 2.45) is 0 Å². The van der Waals surface area contributed by atoms with E-state index in [1.165, 1.54) is 7.05 Å². The minimum Gasteiger partial charge on any atom is -0.269 e. The molecule has 0 aliphatic carbocycles. The number of carbonyl (C=O) groups excluding carboxylic acids is 2. The molecule has 0 aliphatic rings. The van der Waals surface area contributed by atoms with Gasteiger partial charge in [-0.2, -0.15) is 0 Å². The Morgan fingerprint density at radius 2 is 1.91 bits per heavy atom. The quantitative estimate of drug-likeness (QED) is 0.346. The highest BCUT2D eigenvalue weighted by molar-refractivity contribution is 6.64. The maximum Gasteiger partial charge on any atom is 0.323 e. The van der Waals surface area contributed by atoms with E-state index in [-0.39, 0.29) is 5.91 Å². The van der Waals surface area contributed by atoms with Crippen LogP contribution in [0.2, 0.25) is 0 Å². The standard InChI is InChI=1S/C7H10ClNO2/c1-4-5(2)6(10)9(3)7(8)11/h4H,1-3H3. The lowest BCUT2D eigenvalue weighted by molar-refractivity contribution is -0.122. The number of rotatable bonds is 1. The summed E-state index contributed by atoms with van der Waals surface area (Å²) in [5.74, 6) is -0.368. The van der Waals surface area contributed by atoms with Crippen molar-refractivity contribution in [2.75, 3.05) is 7.05 Å². The maximum atomic E-state index is 11.1. The van der Waals surface area contributed by atoms with Crippen molar-refractivity contribution < 1.29 is 9.59 Å². The second kappa shape index (κ2) is 4.13. The summed E-state index contributed by atoms with van der Waals surface area (Å²) in [6.07, 6.45) is 1.62. The summed E-state index contributed by atoms with van der Waals surface area (Å²) in [6, 6.07) is 0. The number of carbonyl (C=O) groups is 2. The molecule has 0 saturated carbocycles. The Hall–Kier alpha value is -0.830. The Balaban J connectivity index is 4.38. The fourth-order valence-electron chi connectivity index (χ4n) is 0.468. The van der Waals surface area contributed by atoms with Gasteiger partial charge in [0.25, 0.3) is 5.91 Å². The van der Waals surface area contributed by atoms with Gasteiger partial charge in [0.1, 0.15) is 0 Å². The van der Waals surface area contributed by atoms with Crippen LogP contribution < -0.4 is 0 Å². The van der Waals surface area contributed by atoms with Gasteiger partial charge < -0.3 is 0 Å². The summed E-state index contributed by atoms with van der Waals surface area (Å²) >= 11 is 5.06. The molecule has 0 aromatic rings. The van der Waals surface area contributed by atoms with Crippen molar-refractivity contribution in [1.29, 1.82) is 0 Å². The van der Waals surface area contributed by atoms with Crippen LogP contribution in [0.25, 0.3) is 0 Å². The van der Waals surface area contributed by atoms with Crippen molar-refractivity contribution >= 4 is 22.9 Å². The van der Waals surface area contributed by atoms with Crippen LogP contribution in [0.1, 0.15) is 13.8 Å². The molecule has 0 bridgehead atoms. The van der Waals surface area contributed by atoms with Gasteiger partial charge in [0.05, 0.1) is 0 Å². The Labute approximate surface area is 70.6 Å². The molecular formula is C7H10ClNO2.